The van der Waals surface area contributed by atoms with E-state index in [-0.39, 0.29) is 35.3 Å². The topological polar surface area (TPSA) is 37.4 Å². The second-order valence-corrected chi connectivity index (χ2v) is 6.80. The van der Waals surface area contributed by atoms with E-state index in [1.165, 1.54) is 12.1 Å². The van der Waals surface area contributed by atoms with Crippen molar-refractivity contribution in [3.05, 3.63) is 35.6 Å². The third-order valence-electron chi connectivity index (χ3n) is 2.90. The lowest BCUT2D eigenvalue weighted by Crippen LogP contribution is -2.44. The molecule has 0 aliphatic rings. The van der Waals surface area contributed by atoms with Gasteiger partial charge >= 0.3 is 0 Å². The Hall–Kier alpha value is -1.23. The van der Waals surface area contributed by atoms with E-state index in [1.807, 2.05) is 27.7 Å². The van der Waals surface area contributed by atoms with Gasteiger partial charge in [-0.15, -0.1) is 0 Å². The number of hydrogen-bond donors (Lipinski definition) is 0. The molecule has 0 heterocycles. The molecule has 0 radical (unpaired) electrons. The Morgan fingerprint density at radius 1 is 1.25 bits per heavy atom. The molecule has 0 bridgehead atoms. The highest BCUT2D eigenvalue weighted by Gasteiger charge is 2.21. The summed E-state index contributed by atoms with van der Waals surface area (Å²) in [5, 5.41) is 0. The summed E-state index contributed by atoms with van der Waals surface area (Å²) in [4.78, 5) is 13.9. The molecule has 1 unspecified atom stereocenters. The first-order chi connectivity index (χ1) is 9.31. The van der Waals surface area contributed by atoms with E-state index in [1.54, 1.807) is 17.0 Å². The first kappa shape index (κ1) is 16.8. The summed E-state index contributed by atoms with van der Waals surface area (Å²) in [6.45, 7) is 7.75. The maximum Gasteiger partial charge on any atom is 0.235 e. The third-order valence-corrected chi connectivity index (χ3v) is 4.13. The first-order valence-electron chi connectivity index (χ1n) is 6.72. The van der Waals surface area contributed by atoms with E-state index in [0.29, 0.717) is 5.56 Å². The molecule has 1 amide bonds. The highest BCUT2D eigenvalue weighted by atomic mass is 32.2. The van der Waals surface area contributed by atoms with Gasteiger partial charge in [-0.05, 0) is 45.4 Å². The molecule has 0 saturated heterocycles. The summed E-state index contributed by atoms with van der Waals surface area (Å²) < 4.78 is 25.1. The average Bonchev–Trinajstić information content (AvgIpc) is 2.26. The van der Waals surface area contributed by atoms with Crippen LogP contribution in [0.5, 0.6) is 0 Å². The van der Waals surface area contributed by atoms with Crippen LogP contribution in [0.1, 0.15) is 33.3 Å². The molecule has 1 aromatic rings. The van der Waals surface area contributed by atoms with E-state index in [4.69, 9.17) is 0 Å². The number of hydrogen-bond acceptors (Lipinski definition) is 2. The van der Waals surface area contributed by atoms with Gasteiger partial charge in [-0.3, -0.25) is 9.00 Å². The maximum absolute atomic E-state index is 13.0. The lowest BCUT2D eigenvalue weighted by Gasteiger charge is -2.30. The Kier molecular flexibility index (Phi) is 6.33. The molecule has 0 N–H and O–H groups in total. The molecule has 1 atom stereocenters. The number of halogens is 1. The zero-order valence-electron chi connectivity index (χ0n) is 12.4. The number of carbonyl (C=O) groups excluding carboxylic acids is 1. The fourth-order valence-corrected chi connectivity index (χ4v) is 3.33. The molecule has 5 heteroatoms. The Morgan fingerprint density at radius 3 is 2.35 bits per heavy atom. The van der Waals surface area contributed by atoms with Crippen LogP contribution in [0, 0.1) is 5.82 Å². The normalized spacial score (nSPS) is 12.8. The summed E-state index contributed by atoms with van der Waals surface area (Å²) in [6.07, 6.45) is 0. The van der Waals surface area contributed by atoms with Crippen LogP contribution in [0.4, 0.5) is 4.39 Å². The van der Waals surface area contributed by atoms with E-state index < -0.39 is 10.8 Å². The average molecular weight is 299 g/mol. The summed E-state index contributed by atoms with van der Waals surface area (Å²) in [6, 6.07) is 6.15. The van der Waals surface area contributed by atoms with Crippen LogP contribution >= 0.6 is 0 Å². The zero-order valence-corrected chi connectivity index (χ0v) is 13.2. The summed E-state index contributed by atoms with van der Waals surface area (Å²) >= 11 is 0. The smallest absolute Gasteiger partial charge is 0.235 e. The monoisotopic (exact) mass is 299 g/mol. The fourth-order valence-electron chi connectivity index (χ4n) is 2.25. The number of carbonyl (C=O) groups is 1. The van der Waals surface area contributed by atoms with E-state index in [2.05, 4.69) is 0 Å². The van der Waals surface area contributed by atoms with E-state index >= 15 is 0 Å². The van der Waals surface area contributed by atoms with Crippen LogP contribution in [-0.4, -0.2) is 32.9 Å². The van der Waals surface area contributed by atoms with Gasteiger partial charge in [-0.1, -0.05) is 12.1 Å². The summed E-state index contributed by atoms with van der Waals surface area (Å²) in [5.41, 5.74) is 0.650. The number of nitrogens with zero attached hydrogens (tertiary/aromatic N) is 1. The second-order valence-electron chi connectivity index (χ2n) is 5.35. The van der Waals surface area contributed by atoms with Crippen molar-refractivity contribution in [1.29, 1.82) is 0 Å². The van der Waals surface area contributed by atoms with E-state index in [0.717, 1.165) is 0 Å². The maximum atomic E-state index is 13.0. The van der Waals surface area contributed by atoms with Crippen molar-refractivity contribution >= 4 is 16.7 Å². The quantitative estimate of drug-likeness (QED) is 0.810. The van der Waals surface area contributed by atoms with Crippen molar-refractivity contribution in [1.82, 2.24) is 4.90 Å². The summed E-state index contributed by atoms with van der Waals surface area (Å²) in [5.74, 6) is -0.290. The van der Waals surface area contributed by atoms with Crippen LogP contribution in [-0.2, 0) is 21.3 Å². The number of amides is 1. The SMILES string of the molecule is CC(C)N(C(=O)CS(=O)Cc1cccc(F)c1)C(C)C. The van der Waals surface area contributed by atoms with Gasteiger partial charge in [0.1, 0.15) is 11.6 Å². The van der Waals surface area contributed by atoms with Gasteiger partial charge in [0.25, 0.3) is 0 Å². The van der Waals surface area contributed by atoms with Crippen LogP contribution in [0.3, 0.4) is 0 Å². The third kappa shape index (κ3) is 5.04. The molecule has 0 aliphatic heterocycles. The van der Waals surface area contributed by atoms with Crippen molar-refractivity contribution in [3.63, 3.8) is 0 Å². The fraction of sp³-hybridized carbons (Fsp3) is 0.533. The van der Waals surface area contributed by atoms with Crippen molar-refractivity contribution in [2.75, 3.05) is 5.75 Å². The molecule has 0 fully saturated rings. The molecule has 20 heavy (non-hydrogen) atoms. The molecule has 112 valence electrons. The van der Waals surface area contributed by atoms with Gasteiger partial charge in [0, 0.05) is 28.6 Å². The van der Waals surface area contributed by atoms with Gasteiger partial charge in [0.15, 0.2) is 0 Å². The van der Waals surface area contributed by atoms with Gasteiger partial charge in [-0.25, -0.2) is 4.39 Å². The first-order valence-corrected chi connectivity index (χ1v) is 8.20. The molecule has 1 rings (SSSR count). The van der Waals surface area contributed by atoms with Crippen LogP contribution in [0.15, 0.2) is 24.3 Å². The Bertz CT molecular complexity index is 481. The Morgan fingerprint density at radius 2 is 1.85 bits per heavy atom. The largest absolute Gasteiger partial charge is 0.337 e. The van der Waals surface area contributed by atoms with Gasteiger partial charge in [0.2, 0.25) is 5.91 Å². The van der Waals surface area contributed by atoms with Crippen molar-refractivity contribution in [3.8, 4) is 0 Å². The molecule has 0 aliphatic carbocycles. The van der Waals surface area contributed by atoms with Crippen molar-refractivity contribution < 1.29 is 13.4 Å². The highest BCUT2D eigenvalue weighted by Crippen LogP contribution is 2.10. The molecule has 1 aromatic carbocycles. The highest BCUT2D eigenvalue weighted by molar-refractivity contribution is 7.84. The predicted octanol–water partition coefficient (Wildman–Crippen LogP) is 2.72. The minimum Gasteiger partial charge on any atom is -0.337 e. The van der Waals surface area contributed by atoms with Gasteiger partial charge in [-0.2, -0.15) is 0 Å². The predicted molar refractivity (Wildman–Crippen MR) is 80.2 cm³/mol. The minimum atomic E-state index is -1.32. The Balaban J connectivity index is 2.64. The number of rotatable bonds is 6. The molecular formula is C15H22FNO2S. The van der Waals surface area contributed by atoms with Crippen LogP contribution in [0.25, 0.3) is 0 Å². The summed E-state index contributed by atoms with van der Waals surface area (Å²) in [7, 11) is -1.32. The van der Waals surface area contributed by atoms with Crippen molar-refractivity contribution in [2.45, 2.75) is 45.5 Å². The Labute approximate surface area is 122 Å². The van der Waals surface area contributed by atoms with Gasteiger partial charge in [0.05, 0.1) is 0 Å². The molecule has 0 saturated carbocycles. The molecule has 3 nitrogen and oxygen atoms in total. The van der Waals surface area contributed by atoms with E-state index in [9.17, 15) is 13.4 Å². The van der Waals surface area contributed by atoms with Crippen LogP contribution in [0.2, 0.25) is 0 Å². The second kappa shape index (κ2) is 7.53. The lowest BCUT2D eigenvalue weighted by molar-refractivity contribution is -0.131. The molecule has 0 spiro atoms. The lowest BCUT2D eigenvalue weighted by atomic mass is 10.2. The van der Waals surface area contributed by atoms with Crippen molar-refractivity contribution in [2.24, 2.45) is 0 Å². The molecule has 0 aromatic heterocycles. The zero-order chi connectivity index (χ0) is 15.3. The standard InChI is InChI=1S/C15H22FNO2S/c1-11(2)17(12(3)4)15(18)10-20(19)9-13-6-5-7-14(16)8-13/h5-8,11-12H,9-10H2,1-4H3. The van der Waals surface area contributed by atoms with Gasteiger partial charge < -0.3 is 4.90 Å². The van der Waals surface area contributed by atoms with Crippen LogP contribution < -0.4 is 0 Å². The molecular weight excluding hydrogens is 277 g/mol. The number of benzene rings is 1. The minimum absolute atomic E-state index is 0.0210.